The fourth-order valence-electron chi connectivity index (χ4n) is 6.03. The van der Waals surface area contributed by atoms with Crippen molar-refractivity contribution in [1.29, 1.82) is 0 Å². The van der Waals surface area contributed by atoms with Crippen molar-refractivity contribution in [2.75, 3.05) is 0 Å². The highest BCUT2D eigenvalue weighted by atomic mass is 16.5. The van der Waals surface area contributed by atoms with E-state index in [4.69, 9.17) is 4.74 Å². The second-order valence-corrected chi connectivity index (χ2v) is 9.49. The monoisotopic (exact) mass is 444 g/mol. The van der Waals surface area contributed by atoms with Crippen molar-refractivity contribution in [2.24, 2.45) is 0 Å². The van der Waals surface area contributed by atoms with Crippen LogP contribution in [0.25, 0.3) is 32.8 Å². The Balaban J connectivity index is 1.61. The number of esters is 1. The van der Waals surface area contributed by atoms with Crippen molar-refractivity contribution < 1.29 is 18.7 Å². The molecule has 5 aromatic rings. The van der Waals surface area contributed by atoms with Crippen LogP contribution in [0, 0.1) is 13.8 Å². The van der Waals surface area contributed by atoms with Gasteiger partial charge in [-0.05, 0) is 48.4 Å². The first-order valence-electron chi connectivity index (χ1n) is 11.8. The van der Waals surface area contributed by atoms with Crippen LogP contribution >= 0.6 is 0 Å². The molecule has 164 valence electrons. The third kappa shape index (κ3) is 2.62. The Morgan fingerprint density at radius 3 is 2.62 bits per heavy atom. The lowest BCUT2D eigenvalue weighted by atomic mass is 9.88. The normalized spacial score (nSPS) is 18.5. The number of fused-ring (bicyclic) bond motifs is 11. The molecule has 0 saturated heterocycles. The van der Waals surface area contributed by atoms with E-state index in [-0.39, 0.29) is 18.1 Å². The summed E-state index contributed by atoms with van der Waals surface area (Å²) >= 11 is 0. The molecule has 0 spiro atoms. The highest BCUT2D eigenvalue weighted by Crippen LogP contribution is 2.43. The predicted octanol–water partition coefficient (Wildman–Crippen LogP) is 5.32. The van der Waals surface area contributed by atoms with E-state index in [1.807, 2.05) is 24.4 Å². The number of carbonyl (C=O) groups excluding carboxylic acids is 1. The second-order valence-electron chi connectivity index (χ2n) is 9.49. The maximum atomic E-state index is 13.0. The molecule has 2 aromatic heterocycles. The molecule has 0 fully saturated rings. The third-order valence-corrected chi connectivity index (χ3v) is 7.43. The predicted molar refractivity (Wildman–Crippen MR) is 130 cm³/mol. The number of nitrogens with zero attached hydrogens (tertiary/aromatic N) is 2. The quantitative estimate of drug-likeness (QED) is 0.184. The molecular formula is C30H24N2O2+2. The minimum absolute atomic E-state index is 0.0294. The summed E-state index contributed by atoms with van der Waals surface area (Å²) in [7, 11) is 0. The van der Waals surface area contributed by atoms with E-state index in [2.05, 4.69) is 83.8 Å². The lowest BCUT2D eigenvalue weighted by Gasteiger charge is -2.26. The molecule has 4 nitrogen and oxygen atoms in total. The summed E-state index contributed by atoms with van der Waals surface area (Å²) in [4.78, 5) is 13.0. The van der Waals surface area contributed by atoms with Gasteiger partial charge in [0.2, 0.25) is 12.2 Å². The van der Waals surface area contributed by atoms with Gasteiger partial charge in [0.15, 0.2) is 18.5 Å². The fraction of sp³-hybridized carbons (Fsp3) is 0.167. The SMILES string of the molecule is Cc1cc(C)c2c(c1)-c1c3ccc4ccccc4c3cc[n+]1CC1C2OC(=O)c2cccc[n+]21. The second kappa shape index (κ2) is 6.97. The molecule has 2 aliphatic rings. The van der Waals surface area contributed by atoms with E-state index >= 15 is 0 Å². The van der Waals surface area contributed by atoms with Gasteiger partial charge in [0.25, 0.3) is 11.7 Å². The molecular weight excluding hydrogens is 420 g/mol. The number of ether oxygens (including phenoxy) is 1. The van der Waals surface area contributed by atoms with Crippen molar-refractivity contribution in [1.82, 2.24) is 0 Å². The lowest BCUT2D eigenvalue weighted by Crippen LogP contribution is -2.57. The van der Waals surface area contributed by atoms with Crippen molar-refractivity contribution in [3.05, 3.63) is 108 Å². The number of pyridine rings is 2. The molecule has 0 aliphatic carbocycles. The van der Waals surface area contributed by atoms with E-state index in [0.29, 0.717) is 12.2 Å². The van der Waals surface area contributed by atoms with Crippen LogP contribution < -0.4 is 9.13 Å². The van der Waals surface area contributed by atoms with Gasteiger partial charge in [0.1, 0.15) is 0 Å². The molecule has 0 saturated carbocycles. The van der Waals surface area contributed by atoms with Gasteiger partial charge in [-0.1, -0.05) is 42.0 Å². The third-order valence-electron chi connectivity index (χ3n) is 7.43. The molecule has 7 rings (SSSR count). The van der Waals surface area contributed by atoms with E-state index in [0.717, 1.165) is 16.7 Å². The molecule has 0 radical (unpaired) electrons. The summed E-state index contributed by atoms with van der Waals surface area (Å²) in [6.07, 6.45) is 3.86. The Bertz CT molecular complexity index is 1670. The Hall–Kier alpha value is -4.05. The minimum atomic E-state index is -0.349. The van der Waals surface area contributed by atoms with Crippen molar-refractivity contribution >= 4 is 27.5 Å². The summed E-state index contributed by atoms with van der Waals surface area (Å²) in [5.74, 6) is -0.264. The van der Waals surface area contributed by atoms with Gasteiger partial charge in [-0.3, -0.25) is 0 Å². The summed E-state index contributed by atoms with van der Waals surface area (Å²) < 4.78 is 10.6. The number of carbonyl (C=O) groups is 1. The minimum Gasteiger partial charge on any atom is -0.442 e. The van der Waals surface area contributed by atoms with Crippen molar-refractivity contribution in [3.63, 3.8) is 0 Å². The molecule has 0 bridgehead atoms. The van der Waals surface area contributed by atoms with E-state index in [1.54, 1.807) is 0 Å². The fourth-order valence-corrected chi connectivity index (χ4v) is 6.03. The molecule has 4 heteroatoms. The lowest BCUT2D eigenvalue weighted by molar-refractivity contribution is -0.803. The molecule has 4 heterocycles. The average molecular weight is 445 g/mol. The van der Waals surface area contributed by atoms with Crippen LogP contribution in [0.15, 0.2) is 85.2 Å². The Kier molecular flexibility index (Phi) is 3.98. The summed E-state index contributed by atoms with van der Waals surface area (Å²) in [5, 5.41) is 4.95. The Morgan fingerprint density at radius 1 is 0.853 bits per heavy atom. The largest absolute Gasteiger partial charge is 0.442 e. The van der Waals surface area contributed by atoms with Crippen LogP contribution in [0.2, 0.25) is 0 Å². The van der Waals surface area contributed by atoms with E-state index in [1.165, 1.54) is 32.8 Å². The maximum absolute atomic E-state index is 13.0. The smallest absolute Gasteiger partial charge is 0.404 e. The van der Waals surface area contributed by atoms with Crippen LogP contribution in [0.1, 0.15) is 39.3 Å². The average Bonchev–Trinajstić information content (AvgIpc) is 2.99. The van der Waals surface area contributed by atoms with Gasteiger partial charge in [0, 0.05) is 29.1 Å². The van der Waals surface area contributed by atoms with Gasteiger partial charge in [-0.2, -0.15) is 9.13 Å². The number of hydrogen-bond acceptors (Lipinski definition) is 2. The van der Waals surface area contributed by atoms with E-state index < -0.39 is 0 Å². The Morgan fingerprint density at radius 2 is 1.71 bits per heavy atom. The number of hydrogen-bond donors (Lipinski definition) is 0. The van der Waals surface area contributed by atoms with Crippen LogP contribution in [0.5, 0.6) is 0 Å². The molecule has 2 aliphatic heterocycles. The van der Waals surface area contributed by atoms with E-state index in [9.17, 15) is 4.79 Å². The van der Waals surface area contributed by atoms with Crippen LogP contribution in [0.4, 0.5) is 0 Å². The number of benzene rings is 3. The topological polar surface area (TPSA) is 34.1 Å². The summed E-state index contributed by atoms with van der Waals surface area (Å²) in [6.45, 7) is 4.99. The summed E-state index contributed by atoms with van der Waals surface area (Å²) in [6, 6.07) is 25.4. The number of aromatic nitrogens is 2. The first-order valence-corrected chi connectivity index (χ1v) is 11.8. The van der Waals surface area contributed by atoms with Gasteiger partial charge in [-0.25, -0.2) is 4.79 Å². The molecule has 0 N–H and O–H groups in total. The number of aryl methyl sites for hydroxylation is 2. The van der Waals surface area contributed by atoms with Crippen LogP contribution in [-0.2, 0) is 11.3 Å². The van der Waals surface area contributed by atoms with Crippen molar-refractivity contribution in [2.45, 2.75) is 32.5 Å². The zero-order valence-corrected chi connectivity index (χ0v) is 19.2. The first-order chi connectivity index (χ1) is 16.6. The van der Waals surface area contributed by atoms with Crippen molar-refractivity contribution in [3.8, 4) is 11.3 Å². The van der Waals surface area contributed by atoms with Crippen LogP contribution in [0.3, 0.4) is 0 Å². The zero-order valence-electron chi connectivity index (χ0n) is 19.2. The number of rotatable bonds is 0. The van der Waals surface area contributed by atoms with Gasteiger partial charge >= 0.3 is 5.97 Å². The molecule has 2 atom stereocenters. The molecule has 0 amide bonds. The molecule has 3 aromatic carbocycles. The highest BCUT2D eigenvalue weighted by Gasteiger charge is 2.49. The van der Waals surface area contributed by atoms with Crippen LogP contribution in [-0.4, -0.2) is 5.97 Å². The maximum Gasteiger partial charge on any atom is 0.404 e. The highest BCUT2D eigenvalue weighted by molar-refractivity contribution is 6.10. The van der Waals surface area contributed by atoms with Gasteiger partial charge < -0.3 is 4.74 Å². The molecule has 34 heavy (non-hydrogen) atoms. The van der Waals surface area contributed by atoms with Gasteiger partial charge in [0.05, 0.1) is 10.9 Å². The Labute approximate surface area is 197 Å². The van der Waals surface area contributed by atoms with Gasteiger partial charge in [-0.15, -0.1) is 0 Å². The standard InChI is InChI=1S/C30H24N2O2/c1-18-15-19(2)27-24(16-18)28-23-11-10-20-7-3-4-8-21(20)22(23)12-14-31(28)17-26-29(27)34-30(33)25-9-5-6-13-32(25)26/h3-16,26,29H,17H2,1-2H3/q+2. The molecule has 2 unspecified atom stereocenters. The summed E-state index contributed by atoms with van der Waals surface area (Å²) in [5.41, 5.74) is 6.41. The first kappa shape index (κ1) is 19.4. The zero-order chi connectivity index (χ0) is 23.0.